The smallest absolute Gasteiger partial charge is 0.304 e. The van der Waals surface area contributed by atoms with Gasteiger partial charge in [-0.2, -0.15) is 4.31 Å². The number of carboxylic acids is 1. The molecular weight excluding hydrogens is 553 g/mol. The summed E-state index contributed by atoms with van der Waals surface area (Å²) >= 11 is 0. The Kier molecular flexibility index (Phi) is 9.46. The van der Waals surface area contributed by atoms with Crippen molar-refractivity contribution in [3.05, 3.63) is 58.1 Å². The molecule has 2 aromatic rings. The van der Waals surface area contributed by atoms with Crippen LogP contribution in [0.15, 0.2) is 45.3 Å². The Bertz CT molecular complexity index is 1610. The minimum absolute atomic E-state index is 0.0101. The van der Waals surface area contributed by atoms with E-state index in [1.807, 2.05) is 0 Å². The summed E-state index contributed by atoms with van der Waals surface area (Å²) in [6, 6.07) is 5.32. The number of hydrogen-bond acceptors (Lipinski definition) is 8. The Balaban J connectivity index is 2.04. The van der Waals surface area contributed by atoms with Crippen molar-refractivity contribution in [2.45, 2.75) is 31.8 Å². The third-order valence-corrected chi connectivity index (χ3v) is 9.12. The van der Waals surface area contributed by atoms with Gasteiger partial charge >= 0.3 is 5.97 Å². The molecule has 2 heterocycles. The largest absolute Gasteiger partial charge is 0.481 e. The Hall–Kier alpha value is -3.36. The fourth-order valence-electron chi connectivity index (χ4n) is 3.93. The average molecular weight is 584 g/mol. The molecule has 0 spiro atoms. The fraction of sp³-hybridized carbons (Fsp3) is 0.400. The molecule has 39 heavy (non-hydrogen) atoms. The van der Waals surface area contributed by atoms with E-state index >= 15 is 0 Å². The van der Waals surface area contributed by atoms with Crippen molar-refractivity contribution >= 4 is 37.8 Å². The second kappa shape index (κ2) is 12.2. The monoisotopic (exact) mass is 583 g/mol. The lowest BCUT2D eigenvalue weighted by atomic mass is 10.0. The first-order chi connectivity index (χ1) is 18.2. The number of carbonyl (C=O) groups is 2. The second-order valence-corrected chi connectivity index (χ2v) is 13.4. The molecule has 11 nitrogen and oxygen atoms in total. The van der Waals surface area contributed by atoms with Gasteiger partial charge in [-0.15, -0.1) is 0 Å². The molecule has 0 fully saturated rings. The number of nitrogens with zero attached hydrogens (tertiary/aromatic N) is 2. The van der Waals surface area contributed by atoms with Crippen LogP contribution in [-0.4, -0.2) is 76.1 Å². The van der Waals surface area contributed by atoms with E-state index in [9.17, 15) is 30.8 Å². The molecule has 2 N–H and O–H groups in total. The number of amides is 1. The highest BCUT2D eigenvalue weighted by Crippen LogP contribution is 2.23. The van der Waals surface area contributed by atoms with Gasteiger partial charge in [-0.25, -0.2) is 26.2 Å². The van der Waals surface area contributed by atoms with Crippen LogP contribution < -0.4 is 16.1 Å². The predicted molar refractivity (Wildman–Crippen MR) is 142 cm³/mol. The van der Waals surface area contributed by atoms with Crippen LogP contribution in [0.5, 0.6) is 0 Å². The zero-order valence-corrected chi connectivity index (χ0v) is 23.3. The van der Waals surface area contributed by atoms with Crippen molar-refractivity contribution in [2.24, 2.45) is 4.99 Å². The zero-order valence-electron chi connectivity index (χ0n) is 21.7. The van der Waals surface area contributed by atoms with E-state index in [0.717, 1.165) is 10.6 Å². The summed E-state index contributed by atoms with van der Waals surface area (Å²) in [6.07, 6.45) is 3.74. The van der Waals surface area contributed by atoms with Crippen LogP contribution in [0, 0.1) is 5.82 Å². The molecule has 3 rings (SSSR count). The first-order valence-electron chi connectivity index (χ1n) is 12.0. The number of unbranched alkanes of at least 4 members (excludes halogenated alkanes) is 1. The predicted octanol–water partition coefficient (Wildman–Crippen LogP) is 1.06. The number of rotatable bonds is 12. The molecule has 0 radical (unpaired) electrons. The number of furan rings is 1. The molecule has 0 saturated carbocycles. The van der Waals surface area contributed by atoms with Crippen LogP contribution in [0.25, 0.3) is 17.4 Å². The van der Waals surface area contributed by atoms with Crippen molar-refractivity contribution in [3.8, 4) is 11.3 Å². The van der Waals surface area contributed by atoms with Gasteiger partial charge < -0.3 is 14.8 Å². The number of halogens is 1. The molecule has 212 valence electrons. The minimum atomic E-state index is -3.69. The normalized spacial score (nSPS) is 15.5. The molecule has 1 aliphatic heterocycles. The van der Waals surface area contributed by atoms with E-state index in [1.54, 1.807) is 12.2 Å². The zero-order chi connectivity index (χ0) is 29.0. The lowest BCUT2D eigenvalue weighted by Gasteiger charge is -2.19. The molecule has 1 amide bonds. The summed E-state index contributed by atoms with van der Waals surface area (Å²) in [6.45, 7) is 0. The maximum Gasteiger partial charge on any atom is 0.304 e. The van der Waals surface area contributed by atoms with Gasteiger partial charge in [-0.3, -0.25) is 9.59 Å². The third kappa shape index (κ3) is 7.83. The van der Waals surface area contributed by atoms with E-state index in [2.05, 4.69) is 10.3 Å². The van der Waals surface area contributed by atoms with Crippen LogP contribution in [0.3, 0.4) is 0 Å². The highest BCUT2D eigenvalue weighted by Gasteiger charge is 2.26. The number of hydrogen-bond donors (Lipinski definition) is 2. The van der Waals surface area contributed by atoms with Gasteiger partial charge in [0.1, 0.15) is 17.7 Å². The standard InChI is InChI=1S/C25H30FN3O8S2/c1-27-24(32)22-19-14-16(6-4-5-12-39(35,36)13-11-21(30)31)15-20(29(2)38(3,33)34)28-25(19)37-23(22)17-7-9-18(26)10-8-17/h7-10,14-15,20H,4-6,11-13H2,1-3H3,(H,27,32)(H,30,31). The number of carbonyl (C=O) groups excluding carboxylic acids is 1. The van der Waals surface area contributed by atoms with Crippen molar-refractivity contribution in [1.29, 1.82) is 0 Å². The Morgan fingerprint density at radius 3 is 2.38 bits per heavy atom. The molecule has 1 atom stereocenters. The van der Waals surface area contributed by atoms with Gasteiger partial charge in [0, 0.05) is 19.7 Å². The minimum Gasteiger partial charge on any atom is -0.481 e. The van der Waals surface area contributed by atoms with Crippen molar-refractivity contribution in [3.63, 3.8) is 0 Å². The Morgan fingerprint density at radius 2 is 1.79 bits per heavy atom. The Labute approximate surface area is 225 Å². The first kappa shape index (κ1) is 30.2. The summed E-state index contributed by atoms with van der Waals surface area (Å²) < 4.78 is 69.4. The number of fused-ring (bicyclic) bond motifs is 1. The topological polar surface area (TPSA) is 163 Å². The SMILES string of the molecule is CNC(=O)c1c(-c2ccc(F)cc2)oc2c1=CC(CCCCS(=O)(=O)CCC(=O)O)=CC(N(C)S(C)(=O)=O)N=2. The average Bonchev–Trinajstić information content (AvgIpc) is 3.11. The quantitative estimate of drug-likeness (QED) is 0.351. The number of nitrogens with one attached hydrogen (secondary N) is 1. The molecule has 1 aliphatic rings. The maximum atomic E-state index is 13.5. The van der Waals surface area contributed by atoms with Crippen LogP contribution in [0.2, 0.25) is 0 Å². The van der Waals surface area contributed by atoms with Gasteiger partial charge in [0.25, 0.3) is 5.91 Å². The fourth-order valence-corrected chi connectivity index (χ4v) is 5.77. The van der Waals surface area contributed by atoms with Gasteiger partial charge in [0.2, 0.25) is 15.6 Å². The highest BCUT2D eigenvalue weighted by molar-refractivity contribution is 7.91. The first-order valence-corrected chi connectivity index (χ1v) is 15.6. The van der Waals surface area contributed by atoms with Crippen LogP contribution in [0.1, 0.15) is 36.0 Å². The molecule has 0 bridgehead atoms. The second-order valence-electron chi connectivity index (χ2n) is 9.07. The molecular formula is C25H30FN3O8S2. The summed E-state index contributed by atoms with van der Waals surface area (Å²) in [5.74, 6) is -2.67. The summed E-state index contributed by atoms with van der Waals surface area (Å²) in [5, 5.41) is 11.6. The molecule has 0 saturated heterocycles. The van der Waals surface area contributed by atoms with Crippen LogP contribution >= 0.6 is 0 Å². The lowest BCUT2D eigenvalue weighted by Crippen LogP contribution is -2.36. The summed E-state index contributed by atoms with van der Waals surface area (Å²) in [5.41, 5.74) is 1.15. The molecule has 1 aromatic heterocycles. The van der Waals surface area contributed by atoms with Crippen LogP contribution in [0.4, 0.5) is 4.39 Å². The van der Waals surface area contributed by atoms with E-state index < -0.39 is 55.9 Å². The van der Waals surface area contributed by atoms with Crippen molar-refractivity contribution in [1.82, 2.24) is 9.62 Å². The van der Waals surface area contributed by atoms with Crippen LogP contribution in [-0.2, 0) is 24.7 Å². The number of sulfonamides is 1. The highest BCUT2D eigenvalue weighted by atomic mass is 32.2. The van der Waals surface area contributed by atoms with E-state index in [4.69, 9.17) is 9.52 Å². The summed E-state index contributed by atoms with van der Waals surface area (Å²) in [7, 11) is -4.45. The van der Waals surface area contributed by atoms with Gasteiger partial charge in [-0.05, 0) is 61.3 Å². The lowest BCUT2D eigenvalue weighted by molar-refractivity contribution is -0.136. The van der Waals surface area contributed by atoms with E-state index in [0.29, 0.717) is 29.2 Å². The number of allylic oxidation sites excluding steroid dienone is 1. The van der Waals surface area contributed by atoms with Gasteiger partial charge in [0.15, 0.2) is 9.84 Å². The maximum absolute atomic E-state index is 13.5. The number of carboxylic acid groups (broad SMARTS) is 1. The third-order valence-electron chi connectivity index (χ3n) is 6.12. The summed E-state index contributed by atoms with van der Waals surface area (Å²) in [4.78, 5) is 28.1. The number of sulfone groups is 1. The Morgan fingerprint density at radius 1 is 1.13 bits per heavy atom. The number of benzene rings is 1. The van der Waals surface area contributed by atoms with E-state index in [-0.39, 0.29) is 29.1 Å². The molecule has 1 unspecified atom stereocenters. The van der Waals surface area contributed by atoms with Crippen molar-refractivity contribution in [2.75, 3.05) is 31.9 Å². The van der Waals surface area contributed by atoms with Gasteiger partial charge in [0.05, 0.1) is 35.0 Å². The number of likely N-dealkylation sites (N-methyl/N-ethyl adjacent to an activating group) is 1. The van der Waals surface area contributed by atoms with E-state index in [1.165, 1.54) is 38.4 Å². The number of aliphatic carboxylic acids is 1. The van der Waals surface area contributed by atoms with Crippen molar-refractivity contribution < 1.29 is 40.3 Å². The molecule has 1 aromatic carbocycles. The molecule has 0 aliphatic carbocycles. The molecule has 14 heteroatoms. The van der Waals surface area contributed by atoms with Gasteiger partial charge in [-0.1, -0.05) is 0 Å².